The van der Waals surface area contributed by atoms with E-state index in [2.05, 4.69) is 15.3 Å². The minimum atomic E-state index is -0.502. The van der Waals surface area contributed by atoms with Crippen molar-refractivity contribution in [3.05, 3.63) is 59.9 Å². The van der Waals surface area contributed by atoms with E-state index >= 15 is 0 Å². The number of rotatable bonds is 3. The smallest absolute Gasteiger partial charge is 0.255 e. The Kier molecular flexibility index (Phi) is 3.12. The molecule has 0 radical (unpaired) electrons. The highest BCUT2D eigenvalue weighted by Gasteiger charge is 2.08. The van der Waals surface area contributed by atoms with Crippen LogP contribution >= 0.6 is 0 Å². The number of aromatic nitrogens is 2. The first-order valence-corrected chi connectivity index (χ1v) is 6.28. The van der Waals surface area contributed by atoms with Crippen LogP contribution in [0.2, 0.25) is 0 Å². The van der Waals surface area contributed by atoms with Gasteiger partial charge in [-0.05, 0) is 42.5 Å². The van der Waals surface area contributed by atoms with Gasteiger partial charge in [-0.2, -0.15) is 0 Å². The molecule has 6 nitrogen and oxygen atoms in total. The molecular weight excluding hydrogens is 268 g/mol. The normalized spacial score (nSPS) is 10.5. The first kappa shape index (κ1) is 12.9. The number of hydrogen-bond acceptors (Lipinski definition) is 3. The molecule has 2 amide bonds. The van der Waals surface area contributed by atoms with Gasteiger partial charge in [0.2, 0.25) is 5.91 Å². The Morgan fingerprint density at radius 2 is 1.76 bits per heavy atom. The molecule has 4 N–H and O–H groups in total. The molecule has 6 heteroatoms. The molecule has 0 atom stereocenters. The predicted octanol–water partition coefficient (Wildman–Crippen LogP) is 1.91. The van der Waals surface area contributed by atoms with Crippen LogP contribution in [0.25, 0.3) is 11.0 Å². The second-order valence-electron chi connectivity index (χ2n) is 4.53. The van der Waals surface area contributed by atoms with Gasteiger partial charge >= 0.3 is 0 Å². The van der Waals surface area contributed by atoms with Crippen molar-refractivity contribution in [1.82, 2.24) is 9.97 Å². The number of carbonyl (C=O) groups excluding carboxylic acids is 2. The van der Waals surface area contributed by atoms with E-state index in [1.807, 2.05) is 0 Å². The van der Waals surface area contributed by atoms with Crippen LogP contribution in [0.3, 0.4) is 0 Å². The number of nitrogens with one attached hydrogen (secondary N) is 2. The number of imidazole rings is 1. The third-order valence-electron chi connectivity index (χ3n) is 3.11. The van der Waals surface area contributed by atoms with Crippen LogP contribution in [0.1, 0.15) is 20.7 Å². The molecule has 3 rings (SSSR count). The Hall–Kier alpha value is -3.15. The molecule has 104 valence electrons. The largest absolute Gasteiger partial charge is 0.366 e. The Morgan fingerprint density at radius 3 is 2.48 bits per heavy atom. The monoisotopic (exact) mass is 280 g/mol. The molecule has 3 aromatic rings. The van der Waals surface area contributed by atoms with Crippen molar-refractivity contribution in [3.63, 3.8) is 0 Å². The Morgan fingerprint density at radius 1 is 1.05 bits per heavy atom. The molecule has 1 aromatic heterocycles. The number of aromatic amines is 1. The van der Waals surface area contributed by atoms with Gasteiger partial charge in [-0.1, -0.05) is 0 Å². The molecule has 0 aliphatic heterocycles. The summed E-state index contributed by atoms with van der Waals surface area (Å²) >= 11 is 0. The number of hydrogen-bond donors (Lipinski definition) is 3. The highest BCUT2D eigenvalue weighted by atomic mass is 16.2. The molecule has 0 unspecified atom stereocenters. The molecule has 0 spiro atoms. The molecular formula is C15H12N4O2. The van der Waals surface area contributed by atoms with E-state index in [0.717, 1.165) is 11.0 Å². The third kappa shape index (κ3) is 2.59. The van der Waals surface area contributed by atoms with E-state index in [1.54, 1.807) is 48.8 Å². The molecule has 0 bridgehead atoms. The predicted molar refractivity (Wildman–Crippen MR) is 79.0 cm³/mol. The van der Waals surface area contributed by atoms with Crippen LogP contribution < -0.4 is 11.1 Å². The molecule has 0 aliphatic rings. The standard InChI is InChI=1S/C15H12N4O2/c16-14(20)9-1-4-11(5-2-9)19-15(21)10-3-6-12-13(7-10)18-8-17-12/h1-8H,(H2,16,20)(H,17,18)(H,19,21). The number of nitrogens with two attached hydrogens (primary N) is 1. The van der Waals surface area contributed by atoms with Gasteiger partial charge in [0.15, 0.2) is 0 Å². The second kappa shape index (κ2) is 5.09. The minimum Gasteiger partial charge on any atom is -0.366 e. The van der Waals surface area contributed by atoms with E-state index in [1.165, 1.54) is 0 Å². The molecule has 2 aromatic carbocycles. The molecule has 0 saturated carbocycles. The van der Waals surface area contributed by atoms with Crippen molar-refractivity contribution < 1.29 is 9.59 Å². The number of anilines is 1. The van der Waals surface area contributed by atoms with Crippen LogP contribution in [-0.2, 0) is 0 Å². The highest BCUT2D eigenvalue weighted by Crippen LogP contribution is 2.14. The number of nitrogens with zero attached hydrogens (tertiary/aromatic N) is 1. The summed E-state index contributed by atoms with van der Waals surface area (Å²) in [6, 6.07) is 11.6. The van der Waals surface area contributed by atoms with Crippen LogP contribution in [0.4, 0.5) is 5.69 Å². The van der Waals surface area contributed by atoms with Gasteiger partial charge in [0.25, 0.3) is 5.91 Å². The lowest BCUT2D eigenvalue weighted by Gasteiger charge is -2.06. The van der Waals surface area contributed by atoms with Crippen LogP contribution in [0.5, 0.6) is 0 Å². The molecule has 0 aliphatic carbocycles. The second-order valence-corrected chi connectivity index (χ2v) is 4.53. The van der Waals surface area contributed by atoms with E-state index in [9.17, 15) is 9.59 Å². The fourth-order valence-corrected chi connectivity index (χ4v) is 2.00. The molecule has 0 saturated heterocycles. The summed E-state index contributed by atoms with van der Waals surface area (Å²) in [5.41, 5.74) is 8.27. The van der Waals surface area contributed by atoms with Gasteiger partial charge in [0, 0.05) is 16.8 Å². The number of benzene rings is 2. The maximum absolute atomic E-state index is 12.2. The Balaban J connectivity index is 1.80. The first-order valence-electron chi connectivity index (χ1n) is 6.28. The lowest BCUT2D eigenvalue weighted by Crippen LogP contribution is -2.13. The topological polar surface area (TPSA) is 101 Å². The van der Waals surface area contributed by atoms with Gasteiger partial charge in [-0.3, -0.25) is 9.59 Å². The average Bonchev–Trinajstić information content (AvgIpc) is 2.95. The maximum Gasteiger partial charge on any atom is 0.255 e. The molecule has 0 fully saturated rings. The summed E-state index contributed by atoms with van der Waals surface area (Å²) in [6.45, 7) is 0. The highest BCUT2D eigenvalue weighted by molar-refractivity contribution is 6.06. The van der Waals surface area contributed by atoms with E-state index in [4.69, 9.17) is 5.73 Å². The maximum atomic E-state index is 12.2. The summed E-state index contributed by atoms with van der Waals surface area (Å²) in [5, 5.41) is 2.76. The number of fused-ring (bicyclic) bond motifs is 1. The zero-order valence-corrected chi connectivity index (χ0v) is 11.0. The molecule has 1 heterocycles. The Bertz CT molecular complexity index is 821. The summed E-state index contributed by atoms with van der Waals surface area (Å²) in [5.74, 6) is -0.740. The number of amides is 2. The lowest BCUT2D eigenvalue weighted by molar-refractivity contribution is 0.0998. The van der Waals surface area contributed by atoms with Crippen molar-refractivity contribution >= 4 is 28.5 Å². The van der Waals surface area contributed by atoms with Gasteiger partial charge in [-0.25, -0.2) is 4.98 Å². The zero-order chi connectivity index (χ0) is 14.8. The van der Waals surface area contributed by atoms with E-state index in [0.29, 0.717) is 16.8 Å². The van der Waals surface area contributed by atoms with E-state index < -0.39 is 5.91 Å². The third-order valence-corrected chi connectivity index (χ3v) is 3.11. The zero-order valence-electron chi connectivity index (χ0n) is 11.0. The van der Waals surface area contributed by atoms with Crippen molar-refractivity contribution in [2.45, 2.75) is 0 Å². The van der Waals surface area contributed by atoms with Crippen molar-refractivity contribution in [2.24, 2.45) is 5.73 Å². The number of primary amides is 1. The molecule has 21 heavy (non-hydrogen) atoms. The lowest BCUT2D eigenvalue weighted by atomic mass is 10.1. The van der Waals surface area contributed by atoms with Crippen LogP contribution in [0.15, 0.2) is 48.8 Å². The van der Waals surface area contributed by atoms with Gasteiger partial charge < -0.3 is 16.0 Å². The van der Waals surface area contributed by atoms with Gasteiger partial charge in [0.1, 0.15) is 0 Å². The summed E-state index contributed by atoms with van der Waals surface area (Å²) < 4.78 is 0. The van der Waals surface area contributed by atoms with Crippen molar-refractivity contribution in [3.8, 4) is 0 Å². The SMILES string of the molecule is NC(=O)c1ccc(NC(=O)c2ccc3nc[nH]c3c2)cc1. The quantitative estimate of drug-likeness (QED) is 0.683. The first-order chi connectivity index (χ1) is 10.1. The van der Waals surface area contributed by atoms with Gasteiger partial charge in [-0.15, -0.1) is 0 Å². The average molecular weight is 280 g/mol. The summed E-state index contributed by atoms with van der Waals surface area (Å²) in [4.78, 5) is 30.2. The summed E-state index contributed by atoms with van der Waals surface area (Å²) in [6.07, 6.45) is 1.58. The van der Waals surface area contributed by atoms with Crippen molar-refractivity contribution in [1.29, 1.82) is 0 Å². The van der Waals surface area contributed by atoms with Crippen LogP contribution in [-0.4, -0.2) is 21.8 Å². The minimum absolute atomic E-state index is 0.238. The van der Waals surface area contributed by atoms with Crippen LogP contribution in [0, 0.1) is 0 Å². The summed E-state index contributed by atoms with van der Waals surface area (Å²) in [7, 11) is 0. The number of carbonyl (C=O) groups is 2. The van der Waals surface area contributed by atoms with E-state index in [-0.39, 0.29) is 5.91 Å². The van der Waals surface area contributed by atoms with Crippen molar-refractivity contribution in [2.75, 3.05) is 5.32 Å². The number of H-pyrrole nitrogens is 1. The fraction of sp³-hybridized carbons (Fsp3) is 0. The fourth-order valence-electron chi connectivity index (χ4n) is 2.00. The Labute approximate surface area is 120 Å². The van der Waals surface area contributed by atoms with Gasteiger partial charge in [0.05, 0.1) is 17.4 Å².